The molecule has 0 saturated carbocycles. The van der Waals surface area contributed by atoms with Gasteiger partial charge in [-0.05, 0) is 19.4 Å². The zero-order chi connectivity index (χ0) is 13.4. The minimum absolute atomic E-state index is 0.294. The van der Waals surface area contributed by atoms with Gasteiger partial charge < -0.3 is 15.2 Å². The van der Waals surface area contributed by atoms with E-state index in [1.54, 1.807) is 13.2 Å². The largest absolute Gasteiger partial charge is 0.507 e. The topological polar surface area (TPSA) is 41.5 Å². The minimum Gasteiger partial charge on any atom is -0.507 e. The molecule has 1 rings (SSSR count). The summed E-state index contributed by atoms with van der Waals surface area (Å²) in [6.45, 7) is 5.10. The van der Waals surface area contributed by atoms with E-state index >= 15 is 0 Å². The van der Waals surface area contributed by atoms with Crippen molar-refractivity contribution in [3.05, 3.63) is 23.8 Å². The van der Waals surface area contributed by atoms with Crippen LogP contribution in [0.15, 0.2) is 18.2 Å². The molecule has 1 unspecified atom stereocenters. The molecule has 0 saturated heterocycles. The number of aromatic hydroxyl groups is 1. The first-order valence-electron chi connectivity index (χ1n) is 6.76. The molecule has 0 heterocycles. The zero-order valence-corrected chi connectivity index (χ0v) is 11.7. The fraction of sp³-hybridized carbons (Fsp3) is 0.600. The first kappa shape index (κ1) is 14.8. The van der Waals surface area contributed by atoms with Gasteiger partial charge in [0.1, 0.15) is 11.5 Å². The Bertz CT molecular complexity index is 352. The number of rotatable bonds is 8. The maximum atomic E-state index is 9.83. The number of phenols is 1. The van der Waals surface area contributed by atoms with Crippen LogP contribution in [0.2, 0.25) is 0 Å². The zero-order valence-electron chi connectivity index (χ0n) is 11.7. The maximum absolute atomic E-state index is 9.83. The van der Waals surface area contributed by atoms with Crippen molar-refractivity contribution in [2.75, 3.05) is 7.11 Å². The van der Waals surface area contributed by atoms with Crippen LogP contribution in [0.4, 0.5) is 0 Å². The molecule has 2 N–H and O–H groups in total. The molecule has 0 aromatic heterocycles. The van der Waals surface area contributed by atoms with Gasteiger partial charge in [0, 0.05) is 24.2 Å². The lowest BCUT2D eigenvalue weighted by Gasteiger charge is -2.14. The Balaban J connectivity index is 2.38. The normalized spacial score (nSPS) is 12.4. The van der Waals surface area contributed by atoms with Crippen LogP contribution in [-0.4, -0.2) is 18.3 Å². The number of unbranched alkanes of at least 4 members (excludes halogenated alkanes) is 2. The van der Waals surface area contributed by atoms with Gasteiger partial charge >= 0.3 is 0 Å². The van der Waals surface area contributed by atoms with Gasteiger partial charge in [-0.15, -0.1) is 0 Å². The van der Waals surface area contributed by atoms with Crippen molar-refractivity contribution in [2.45, 2.75) is 52.1 Å². The smallest absolute Gasteiger partial charge is 0.123 e. The maximum Gasteiger partial charge on any atom is 0.123 e. The summed E-state index contributed by atoms with van der Waals surface area (Å²) in [5.74, 6) is 0.981. The highest BCUT2D eigenvalue weighted by Crippen LogP contribution is 2.23. The third kappa shape index (κ3) is 4.96. The van der Waals surface area contributed by atoms with Crippen LogP contribution in [0.5, 0.6) is 11.5 Å². The van der Waals surface area contributed by atoms with Crippen LogP contribution in [-0.2, 0) is 6.54 Å². The SMILES string of the molecule is CCCCCC(C)NCc1ccc(OC)cc1O. The molecule has 3 heteroatoms. The molecule has 1 aromatic rings. The number of nitrogens with one attached hydrogen (secondary N) is 1. The Morgan fingerprint density at radius 3 is 2.72 bits per heavy atom. The molecule has 0 fully saturated rings. The summed E-state index contributed by atoms with van der Waals surface area (Å²) in [5, 5.41) is 13.3. The molecule has 18 heavy (non-hydrogen) atoms. The average Bonchev–Trinajstić information content (AvgIpc) is 2.37. The Kier molecular flexibility index (Phi) is 6.58. The molecule has 1 atom stereocenters. The van der Waals surface area contributed by atoms with E-state index in [1.165, 1.54) is 25.7 Å². The lowest BCUT2D eigenvalue weighted by atomic mass is 10.1. The predicted octanol–water partition coefficient (Wildman–Crippen LogP) is 3.46. The number of hydrogen-bond acceptors (Lipinski definition) is 3. The second-order valence-electron chi connectivity index (χ2n) is 4.77. The lowest BCUT2D eigenvalue weighted by Crippen LogP contribution is -2.25. The molecule has 3 nitrogen and oxygen atoms in total. The van der Waals surface area contributed by atoms with Crippen molar-refractivity contribution in [2.24, 2.45) is 0 Å². The highest BCUT2D eigenvalue weighted by atomic mass is 16.5. The summed E-state index contributed by atoms with van der Waals surface area (Å²) >= 11 is 0. The quantitative estimate of drug-likeness (QED) is 0.695. The molecule has 0 amide bonds. The van der Waals surface area contributed by atoms with Crippen LogP contribution in [0.1, 0.15) is 45.1 Å². The first-order chi connectivity index (χ1) is 8.67. The molecular weight excluding hydrogens is 226 g/mol. The van der Waals surface area contributed by atoms with Crippen LogP contribution < -0.4 is 10.1 Å². The van der Waals surface area contributed by atoms with Gasteiger partial charge in [-0.2, -0.15) is 0 Å². The third-order valence-electron chi connectivity index (χ3n) is 3.17. The Hall–Kier alpha value is -1.22. The van der Waals surface area contributed by atoms with E-state index in [2.05, 4.69) is 19.2 Å². The van der Waals surface area contributed by atoms with Crippen molar-refractivity contribution < 1.29 is 9.84 Å². The van der Waals surface area contributed by atoms with Gasteiger partial charge in [-0.3, -0.25) is 0 Å². The fourth-order valence-electron chi connectivity index (χ4n) is 1.91. The molecule has 0 spiro atoms. The van der Waals surface area contributed by atoms with Crippen molar-refractivity contribution in [1.82, 2.24) is 5.32 Å². The number of benzene rings is 1. The van der Waals surface area contributed by atoms with E-state index in [9.17, 15) is 5.11 Å². The van der Waals surface area contributed by atoms with Crippen LogP contribution in [0.3, 0.4) is 0 Å². The van der Waals surface area contributed by atoms with Gasteiger partial charge in [0.25, 0.3) is 0 Å². The Morgan fingerprint density at radius 2 is 2.11 bits per heavy atom. The second kappa shape index (κ2) is 7.98. The first-order valence-corrected chi connectivity index (χ1v) is 6.76. The van der Waals surface area contributed by atoms with Gasteiger partial charge in [-0.1, -0.05) is 32.3 Å². The molecule has 1 aromatic carbocycles. The highest BCUT2D eigenvalue weighted by molar-refractivity contribution is 5.39. The van der Waals surface area contributed by atoms with Crippen molar-refractivity contribution in [3.8, 4) is 11.5 Å². The molecule has 0 aliphatic carbocycles. The van der Waals surface area contributed by atoms with E-state index in [4.69, 9.17) is 4.74 Å². The van der Waals surface area contributed by atoms with Crippen molar-refractivity contribution in [3.63, 3.8) is 0 Å². The van der Waals surface area contributed by atoms with E-state index in [1.807, 2.05) is 12.1 Å². The molecule has 102 valence electrons. The molecule has 0 aliphatic rings. The van der Waals surface area contributed by atoms with Gasteiger partial charge in [-0.25, -0.2) is 0 Å². The lowest BCUT2D eigenvalue weighted by molar-refractivity contribution is 0.404. The molecular formula is C15H25NO2. The average molecular weight is 251 g/mol. The highest BCUT2D eigenvalue weighted by Gasteiger charge is 2.05. The summed E-state index contributed by atoms with van der Waals surface area (Å²) in [7, 11) is 1.60. The molecule has 0 bridgehead atoms. The van der Waals surface area contributed by atoms with Crippen molar-refractivity contribution in [1.29, 1.82) is 0 Å². The van der Waals surface area contributed by atoms with Gasteiger partial charge in [0.2, 0.25) is 0 Å². The summed E-state index contributed by atoms with van der Waals surface area (Å²) in [4.78, 5) is 0. The van der Waals surface area contributed by atoms with Crippen LogP contribution >= 0.6 is 0 Å². The number of ether oxygens (including phenoxy) is 1. The standard InChI is InChI=1S/C15H25NO2/c1-4-5-6-7-12(2)16-11-13-8-9-14(18-3)10-15(13)17/h8-10,12,16-17H,4-7,11H2,1-3H3. The van der Waals surface area contributed by atoms with Crippen molar-refractivity contribution >= 4 is 0 Å². The fourth-order valence-corrected chi connectivity index (χ4v) is 1.91. The monoisotopic (exact) mass is 251 g/mol. The van der Waals surface area contributed by atoms with Crippen LogP contribution in [0.25, 0.3) is 0 Å². The number of phenolic OH excluding ortho intramolecular Hbond substituents is 1. The molecule has 0 radical (unpaired) electrons. The minimum atomic E-state index is 0.294. The number of hydrogen-bond donors (Lipinski definition) is 2. The summed E-state index contributed by atoms with van der Waals surface area (Å²) in [6.07, 6.45) is 5.00. The van der Waals surface area contributed by atoms with E-state index < -0.39 is 0 Å². The summed E-state index contributed by atoms with van der Waals surface area (Å²) in [5.41, 5.74) is 0.915. The van der Waals surface area contributed by atoms with Gasteiger partial charge in [0.15, 0.2) is 0 Å². The van der Waals surface area contributed by atoms with E-state index in [0.717, 1.165) is 5.56 Å². The van der Waals surface area contributed by atoms with E-state index in [0.29, 0.717) is 24.1 Å². The Morgan fingerprint density at radius 1 is 1.33 bits per heavy atom. The third-order valence-corrected chi connectivity index (χ3v) is 3.17. The second-order valence-corrected chi connectivity index (χ2v) is 4.77. The van der Waals surface area contributed by atoms with Gasteiger partial charge in [0.05, 0.1) is 7.11 Å². The predicted molar refractivity (Wildman–Crippen MR) is 75.1 cm³/mol. The summed E-state index contributed by atoms with van der Waals surface area (Å²) < 4.78 is 5.06. The van der Waals surface area contributed by atoms with E-state index in [-0.39, 0.29) is 0 Å². The number of methoxy groups -OCH3 is 1. The molecule has 0 aliphatic heterocycles. The summed E-state index contributed by atoms with van der Waals surface area (Å²) in [6, 6.07) is 5.91. The Labute approximate surface area is 110 Å². The van der Waals surface area contributed by atoms with Crippen LogP contribution in [0, 0.1) is 0 Å².